The highest BCUT2D eigenvalue weighted by Crippen LogP contribution is 2.13. The molecule has 1 amide bonds. The van der Waals surface area contributed by atoms with E-state index in [-0.39, 0.29) is 5.91 Å². The van der Waals surface area contributed by atoms with Crippen LogP contribution in [0.25, 0.3) is 6.08 Å². The summed E-state index contributed by atoms with van der Waals surface area (Å²) >= 11 is 0. The monoisotopic (exact) mass is 329 g/mol. The van der Waals surface area contributed by atoms with Crippen molar-refractivity contribution in [3.05, 3.63) is 60.1 Å². The van der Waals surface area contributed by atoms with Crippen LogP contribution >= 0.6 is 0 Å². The van der Waals surface area contributed by atoms with Gasteiger partial charge in [-0.3, -0.25) is 4.79 Å². The van der Waals surface area contributed by atoms with Crippen molar-refractivity contribution < 1.29 is 18.7 Å². The van der Waals surface area contributed by atoms with E-state index in [1.807, 2.05) is 43.3 Å². The molecule has 0 saturated heterocycles. The fraction of sp³-hybridized carbons (Fsp3) is 0.316. The maximum Gasteiger partial charge on any atom is 0.247 e. The molecule has 0 bridgehead atoms. The summed E-state index contributed by atoms with van der Waals surface area (Å²) in [7, 11) is 1.62. The van der Waals surface area contributed by atoms with E-state index in [1.165, 1.54) is 0 Å². The van der Waals surface area contributed by atoms with Gasteiger partial charge in [0.15, 0.2) is 0 Å². The normalized spacial score (nSPS) is 10.9. The van der Waals surface area contributed by atoms with Crippen molar-refractivity contribution in [1.82, 2.24) is 4.90 Å². The van der Waals surface area contributed by atoms with Crippen LogP contribution in [0.15, 0.2) is 53.2 Å². The summed E-state index contributed by atoms with van der Waals surface area (Å²) in [6.07, 6.45) is 4.96. The van der Waals surface area contributed by atoms with Gasteiger partial charge in [0.2, 0.25) is 5.91 Å². The Kier molecular flexibility index (Phi) is 7.11. The third-order valence-electron chi connectivity index (χ3n) is 3.41. The van der Waals surface area contributed by atoms with Gasteiger partial charge in [0, 0.05) is 19.7 Å². The first-order valence-electron chi connectivity index (χ1n) is 7.94. The van der Waals surface area contributed by atoms with E-state index in [0.29, 0.717) is 26.3 Å². The molecule has 1 heterocycles. The Balaban J connectivity index is 1.99. The molecule has 0 atom stereocenters. The Labute approximate surface area is 142 Å². The van der Waals surface area contributed by atoms with Crippen molar-refractivity contribution in [2.45, 2.75) is 13.5 Å². The van der Waals surface area contributed by atoms with E-state index < -0.39 is 0 Å². The first kappa shape index (κ1) is 17.8. The van der Waals surface area contributed by atoms with Gasteiger partial charge in [-0.15, -0.1) is 0 Å². The molecule has 0 unspecified atom stereocenters. The van der Waals surface area contributed by atoms with E-state index in [1.54, 1.807) is 30.4 Å². The molecule has 0 fully saturated rings. The van der Waals surface area contributed by atoms with Gasteiger partial charge in [-0.25, -0.2) is 0 Å². The van der Waals surface area contributed by atoms with Crippen LogP contribution in [-0.4, -0.2) is 37.7 Å². The van der Waals surface area contributed by atoms with Crippen molar-refractivity contribution >= 4 is 12.0 Å². The van der Waals surface area contributed by atoms with Gasteiger partial charge < -0.3 is 18.8 Å². The smallest absolute Gasteiger partial charge is 0.247 e. The van der Waals surface area contributed by atoms with Gasteiger partial charge in [-0.2, -0.15) is 0 Å². The second-order valence-corrected chi connectivity index (χ2v) is 5.17. The highest BCUT2D eigenvalue weighted by Gasteiger charge is 2.12. The van der Waals surface area contributed by atoms with Crippen LogP contribution in [0.2, 0.25) is 0 Å². The lowest BCUT2D eigenvalue weighted by atomic mass is 10.2. The Morgan fingerprint density at radius 3 is 2.67 bits per heavy atom. The van der Waals surface area contributed by atoms with Crippen molar-refractivity contribution in [1.29, 1.82) is 0 Å². The predicted octanol–water partition coefficient (Wildman–Crippen LogP) is 3.37. The van der Waals surface area contributed by atoms with Crippen molar-refractivity contribution in [3.63, 3.8) is 0 Å². The maximum absolute atomic E-state index is 12.4. The maximum atomic E-state index is 12.4. The molecular formula is C19H23NO4. The van der Waals surface area contributed by atoms with Gasteiger partial charge >= 0.3 is 0 Å². The van der Waals surface area contributed by atoms with Crippen LogP contribution in [0.4, 0.5) is 0 Å². The molecule has 128 valence electrons. The predicted molar refractivity (Wildman–Crippen MR) is 92.6 cm³/mol. The van der Waals surface area contributed by atoms with Gasteiger partial charge in [0.05, 0.1) is 26.0 Å². The minimum absolute atomic E-state index is 0.0858. The molecule has 5 nitrogen and oxygen atoms in total. The molecule has 0 aliphatic rings. The number of carbonyl (C=O) groups excluding carboxylic acids is 1. The fourth-order valence-corrected chi connectivity index (χ4v) is 2.17. The van der Waals surface area contributed by atoms with Crippen LogP contribution in [0.5, 0.6) is 5.75 Å². The van der Waals surface area contributed by atoms with Crippen molar-refractivity contribution in [2.75, 3.05) is 26.9 Å². The Hall–Kier alpha value is -2.53. The lowest BCUT2D eigenvalue weighted by Crippen LogP contribution is -2.31. The average Bonchev–Trinajstić information content (AvgIpc) is 3.11. The van der Waals surface area contributed by atoms with E-state index in [4.69, 9.17) is 13.9 Å². The average molecular weight is 329 g/mol. The van der Waals surface area contributed by atoms with Crippen molar-refractivity contribution in [3.8, 4) is 5.75 Å². The molecule has 24 heavy (non-hydrogen) atoms. The Bertz CT molecular complexity index is 632. The number of ether oxygens (including phenoxy) is 2. The number of rotatable bonds is 9. The SMILES string of the molecule is CCOc1ccc(/C=C/C(=O)N(CCOC)Cc2ccco2)cc1. The molecule has 2 aromatic rings. The number of carbonyl (C=O) groups is 1. The molecule has 0 spiro atoms. The summed E-state index contributed by atoms with van der Waals surface area (Å²) in [6, 6.07) is 11.3. The molecule has 0 saturated carbocycles. The largest absolute Gasteiger partial charge is 0.494 e. The van der Waals surface area contributed by atoms with E-state index in [0.717, 1.165) is 17.1 Å². The Morgan fingerprint density at radius 2 is 2.04 bits per heavy atom. The molecule has 1 aromatic carbocycles. The summed E-state index contributed by atoms with van der Waals surface area (Å²) in [5.41, 5.74) is 0.941. The van der Waals surface area contributed by atoms with Crippen LogP contribution in [-0.2, 0) is 16.1 Å². The highest BCUT2D eigenvalue weighted by molar-refractivity contribution is 5.91. The molecule has 0 N–H and O–H groups in total. The number of furan rings is 1. The zero-order valence-corrected chi connectivity index (χ0v) is 14.1. The number of amides is 1. The van der Waals surface area contributed by atoms with E-state index >= 15 is 0 Å². The van der Waals surface area contributed by atoms with Gasteiger partial charge in [-0.1, -0.05) is 12.1 Å². The molecule has 5 heteroatoms. The number of benzene rings is 1. The summed E-state index contributed by atoms with van der Waals surface area (Å²) < 4.78 is 15.8. The van der Waals surface area contributed by atoms with Crippen molar-refractivity contribution in [2.24, 2.45) is 0 Å². The second-order valence-electron chi connectivity index (χ2n) is 5.17. The molecule has 2 rings (SSSR count). The first-order valence-corrected chi connectivity index (χ1v) is 7.94. The minimum atomic E-state index is -0.0858. The third kappa shape index (κ3) is 5.59. The summed E-state index contributed by atoms with van der Waals surface area (Å²) in [5.74, 6) is 1.48. The topological polar surface area (TPSA) is 51.9 Å². The van der Waals surface area contributed by atoms with Crippen LogP contribution in [0.1, 0.15) is 18.2 Å². The fourth-order valence-electron chi connectivity index (χ4n) is 2.17. The number of hydrogen-bond acceptors (Lipinski definition) is 4. The van der Waals surface area contributed by atoms with Crippen LogP contribution in [0, 0.1) is 0 Å². The lowest BCUT2D eigenvalue weighted by molar-refractivity contribution is -0.127. The van der Waals surface area contributed by atoms with E-state index in [2.05, 4.69) is 0 Å². The first-order chi connectivity index (χ1) is 11.7. The molecular weight excluding hydrogens is 306 g/mol. The van der Waals surface area contributed by atoms with Crippen LogP contribution in [0.3, 0.4) is 0 Å². The second kappa shape index (κ2) is 9.57. The highest BCUT2D eigenvalue weighted by atomic mass is 16.5. The van der Waals surface area contributed by atoms with Gasteiger partial charge in [0.1, 0.15) is 11.5 Å². The summed E-state index contributed by atoms with van der Waals surface area (Å²) in [5, 5.41) is 0. The summed E-state index contributed by atoms with van der Waals surface area (Å²) in [4.78, 5) is 14.1. The molecule has 0 aliphatic heterocycles. The van der Waals surface area contributed by atoms with Crippen LogP contribution < -0.4 is 4.74 Å². The van der Waals surface area contributed by atoms with Gasteiger partial charge in [0.25, 0.3) is 0 Å². The summed E-state index contributed by atoms with van der Waals surface area (Å²) in [6.45, 7) is 3.98. The van der Waals surface area contributed by atoms with E-state index in [9.17, 15) is 4.79 Å². The standard InChI is InChI=1S/C19H23NO4/c1-3-23-17-9-6-16(7-10-17)8-11-19(21)20(12-14-22-2)15-18-5-4-13-24-18/h4-11,13H,3,12,14-15H2,1-2H3/b11-8+. The zero-order valence-electron chi connectivity index (χ0n) is 14.1. The number of nitrogens with zero attached hydrogens (tertiary/aromatic N) is 1. The number of hydrogen-bond donors (Lipinski definition) is 0. The quantitative estimate of drug-likeness (QED) is 0.662. The lowest BCUT2D eigenvalue weighted by Gasteiger charge is -2.19. The minimum Gasteiger partial charge on any atom is -0.494 e. The number of methoxy groups -OCH3 is 1. The molecule has 1 aromatic heterocycles. The molecule has 0 aliphatic carbocycles. The third-order valence-corrected chi connectivity index (χ3v) is 3.41. The molecule has 0 radical (unpaired) electrons. The Morgan fingerprint density at radius 1 is 1.25 bits per heavy atom. The zero-order chi connectivity index (χ0) is 17.2. The van der Waals surface area contributed by atoms with Gasteiger partial charge in [-0.05, 0) is 42.8 Å².